The van der Waals surface area contributed by atoms with Gasteiger partial charge in [-0.15, -0.1) is 23.4 Å². The summed E-state index contributed by atoms with van der Waals surface area (Å²) in [6, 6.07) is 5.53. The van der Waals surface area contributed by atoms with Crippen molar-refractivity contribution in [2.24, 2.45) is 0 Å². The fraction of sp³-hybridized carbons (Fsp3) is 0.400. The summed E-state index contributed by atoms with van der Waals surface area (Å²) in [5.41, 5.74) is 1.08. The Morgan fingerprint density at radius 3 is 2.22 bits per heavy atom. The average molecular weight is 450 g/mol. The maximum atomic E-state index is 12.3. The topological polar surface area (TPSA) is 105 Å². The molecule has 0 aliphatic heterocycles. The monoisotopic (exact) mass is 450 g/mol. The van der Waals surface area contributed by atoms with Gasteiger partial charge >= 0.3 is 6.36 Å². The second kappa shape index (κ2) is 10.2. The van der Waals surface area contributed by atoms with E-state index in [2.05, 4.69) is 25.4 Å². The highest BCUT2D eigenvalue weighted by Crippen LogP contribution is 2.23. The summed E-state index contributed by atoms with van der Waals surface area (Å²) in [6.45, 7) is 2.57. The van der Waals surface area contributed by atoms with Crippen LogP contribution in [0.1, 0.15) is 52.7 Å². The van der Waals surface area contributed by atoms with E-state index in [4.69, 9.17) is 0 Å². The molecule has 0 atom stereocenters. The number of rotatable bonds is 11. The van der Waals surface area contributed by atoms with Gasteiger partial charge in [-0.25, -0.2) is 0 Å². The summed E-state index contributed by atoms with van der Waals surface area (Å²) < 4.78 is 44.0. The molecule has 32 heavy (non-hydrogen) atoms. The van der Waals surface area contributed by atoms with Crippen molar-refractivity contribution in [1.29, 1.82) is 0 Å². The van der Waals surface area contributed by atoms with Crippen LogP contribution in [-0.2, 0) is 19.5 Å². The molecule has 0 spiro atoms. The lowest BCUT2D eigenvalue weighted by molar-refractivity contribution is -0.274. The largest absolute Gasteiger partial charge is 0.573 e. The van der Waals surface area contributed by atoms with Crippen molar-refractivity contribution >= 4 is 11.6 Å². The van der Waals surface area contributed by atoms with Gasteiger partial charge < -0.3 is 4.74 Å². The van der Waals surface area contributed by atoms with Gasteiger partial charge in [0.15, 0.2) is 11.6 Å². The van der Waals surface area contributed by atoms with Gasteiger partial charge in [0.05, 0.1) is 12.4 Å². The van der Waals surface area contributed by atoms with E-state index in [0.29, 0.717) is 24.3 Å². The van der Waals surface area contributed by atoms with Gasteiger partial charge in [0.1, 0.15) is 17.1 Å². The molecule has 0 radical (unpaired) electrons. The Morgan fingerprint density at radius 2 is 1.62 bits per heavy atom. The van der Waals surface area contributed by atoms with Crippen LogP contribution in [0.2, 0.25) is 0 Å². The van der Waals surface area contributed by atoms with Gasteiger partial charge in [-0.3, -0.25) is 19.0 Å². The molecule has 3 rings (SSSR count). The Labute approximate surface area is 181 Å². The van der Waals surface area contributed by atoms with E-state index in [1.807, 2.05) is 0 Å². The first-order chi connectivity index (χ1) is 15.2. The van der Waals surface area contributed by atoms with Gasteiger partial charge in [-0.1, -0.05) is 22.6 Å². The molecule has 0 fully saturated rings. The van der Waals surface area contributed by atoms with Crippen LogP contribution in [0.25, 0.3) is 0 Å². The molecule has 1 aromatic carbocycles. The van der Waals surface area contributed by atoms with Gasteiger partial charge in [-0.05, 0) is 37.0 Å². The van der Waals surface area contributed by atoms with E-state index in [0.717, 1.165) is 12.8 Å². The van der Waals surface area contributed by atoms with Crippen LogP contribution >= 0.6 is 0 Å². The first kappa shape index (κ1) is 23.1. The minimum atomic E-state index is -4.76. The predicted octanol–water partition coefficient (Wildman–Crippen LogP) is 3.27. The molecule has 9 nitrogen and oxygen atoms in total. The molecule has 0 saturated heterocycles. The number of hydrogen-bond donors (Lipinski definition) is 0. The van der Waals surface area contributed by atoms with Crippen molar-refractivity contribution in [3.05, 3.63) is 53.6 Å². The van der Waals surface area contributed by atoms with E-state index in [1.165, 1.54) is 25.1 Å². The molecule has 0 aliphatic carbocycles. The summed E-state index contributed by atoms with van der Waals surface area (Å²) >= 11 is 0. The third kappa shape index (κ3) is 7.00. The fourth-order valence-corrected chi connectivity index (χ4v) is 2.94. The maximum Gasteiger partial charge on any atom is 0.573 e. The van der Waals surface area contributed by atoms with Crippen molar-refractivity contribution in [2.75, 3.05) is 0 Å². The number of ether oxygens (including phenoxy) is 1. The number of Topliss-reactive ketones (excluding diaryl/α,β-unsaturated/α-hetero) is 2. The van der Waals surface area contributed by atoms with Crippen molar-refractivity contribution in [3.63, 3.8) is 0 Å². The number of carbonyl (C=O) groups excluding carboxylic acids is 2. The zero-order chi connectivity index (χ0) is 23.1. The van der Waals surface area contributed by atoms with Crippen molar-refractivity contribution < 1.29 is 27.5 Å². The summed E-state index contributed by atoms with van der Waals surface area (Å²) in [7, 11) is 0. The predicted molar refractivity (Wildman–Crippen MR) is 105 cm³/mol. The van der Waals surface area contributed by atoms with Crippen LogP contribution in [0.5, 0.6) is 5.75 Å². The third-order valence-corrected chi connectivity index (χ3v) is 4.52. The molecule has 0 aliphatic rings. The van der Waals surface area contributed by atoms with Crippen molar-refractivity contribution in [3.8, 4) is 5.75 Å². The molecule has 0 saturated carbocycles. The normalized spacial score (nSPS) is 11.5. The maximum absolute atomic E-state index is 12.3. The van der Waals surface area contributed by atoms with Crippen molar-refractivity contribution in [1.82, 2.24) is 30.0 Å². The average Bonchev–Trinajstić information content (AvgIpc) is 3.38. The van der Waals surface area contributed by atoms with Gasteiger partial charge in [0, 0.05) is 26.4 Å². The van der Waals surface area contributed by atoms with Crippen LogP contribution in [0, 0.1) is 0 Å². The Hall–Kier alpha value is -3.57. The lowest BCUT2D eigenvalue weighted by atomic mass is 10.1. The number of alkyl halides is 3. The lowest BCUT2D eigenvalue weighted by Crippen LogP contribution is -2.17. The number of ketones is 2. The number of carbonyl (C=O) groups is 2. The fourth-order valence-electron chi connectivity index (χ4n) is 2.94. The number of unbranched alkanes of at least 4 members (excludes halogenated alkanes) is 1. The Bertz CT molecular complexity index is 1080. The molecule has 0 amide bonds. The number of nitrogens with zero attached hydrogens (tertiary/aromatic N) is 6. The van der Waals surface area contributed by atoms with Gasteiger partial charge in [-0.2, -0.15) is 0 Å². The molecule has 3 aromatic rings. The van der Waals surface area contributed by atoms with Gasteiger partial charge in [0.2, 0.25) is 0 Å². The zero-order valence-corrected chi connectivity index (χ0v) is 17.2. The minimum absolute atomic E-state index is 0.0823. The highest BCUT2D eigenvalue weighted by Gasteiger charge is 2.31. The van der Waals surface area contributed by atoms with E-state index < -0.39 is 6.36 Å². The van der Waals surface area contributed by atoms with Crippen LogP contribution in [0.4, 0.5) is 13.2 Å². The number of benzene rings is 1. The lowest BCUT2D eigenvalue weighted by Gasteiger charge is -2.09. The first-order valence-electron chi connectivity index (χ1n) is 9.89. The zero-order valence-electron chi connectivity index (χ0n) is 17.2. The summed E-state index contributed by atoms with van der Waals surface area (Å²) in [6.07, 6.45) is 0.229. The molecule has 170 valence electrons. The molecule has 2 aromatic heterocycles. The number of halogens is 3. The number of aromatic nitrogens is 6. The van der Waals surface area contributed by atoms with Crippen LogP contribution in [0.3, 0.4) is 0 Å². The first-order valence-corrected chi connectivity index (χ1v) is 9.89. The minimum Gasteiger partial charge on any atom is -0.406 e. The SMILES string of the molecule is CC(=O)c1cn(CCCCn2cc(C(=O)CCc3cccc(OC(F)(F)F)c3)nn2)nn1. The van der Waals surface area contributed by atoms with E-state index in [9.17, 15) is 22.8 Å². The van der Waals surface area contributed by atoms with E-state index >= 15 is 0 Å². The van der Waals surface area contributed by atoms with E-state index in [1.54, 1.807) is 27.8 Å². The second-order valence-corrected chi connectivity index (χ2v) is 7.12. The highest BCUT2D eigenvalue weighted by atomic mass is 19.4. The summed E-state index contributed by atoms with van der Waals surface area (Å²) in [5.74, 6) is -0.715. The molecular weight excluding hydrogens is 429 g/mol. The number of aryl methyl sites for hydroxylation is 3. The molecule has 12 heteroatoms. The molecule has 0 N–H and O–H groups in total. The Balaban J connectivity index is 1.43. The van der Waals surface area contributed by atoms with Gasteiger partial charge in [0.25, 0.3) is 0 Å². The number of hydrogen-bond acceptors (Lipinski definition) is 7. The second-order valence-electron chi connectivity index (χ2n) is 7.12. The van der Waals surface area contributed by atoms with Crippen molar-refractivity contribution in [2.45, 2.75) is 52.1 Å². The quantitative estimate of drug-likeness (QED) is 0.326. The molecular formula is C20H21F3N6O3. The molecule has 0 bridgehead atoms. The highest BCUT2D eigenvalue weighted by molar-refractivity contribution is 5.94. The van der Waals surface area contributed by atoms with E-state index in [-0.39, 0.29) is 35.9 Å². The van der Waals surface area contributed by atoms with Crippen LogP contribution in [0.15, 0.2) is 36.7 Å². The molecule has 2 heterocycles. The Kier molecular flexibility index (Phi) is 7.33. The van der Waals surface area contributed by atoms with Crippen LogP contribution < -0.4 is 4.74 Å². The molecule has 0 unspecified atom stereocenters. The standard InChI is InChI=1S/C20H21F3N6O3/c1-14(30)17-12-28(26-24-17)9-2-3-10-29-13-18(25-27-29)19(31)8-7-15-5-4-6-16(11-15)32-20(21,22)23/h4-6,11-13H,2-3,7-10H2,1H3. The smallest absolute Gasteiger partial charge is 0.406 e. The summed E-state index contributed by atoms with van der Waals surface area (Å²) in [4.78, 5) is 23.6. The van der Waals surface area contributed by atoms with Crippen LogP contribution in [-0.4, -0.2) is 47.9 Å². The Morgan fingerprint density at radius 1 is 1.00 bits per heavy atom. The summed E-state index contributed by atoms with van der Waals surface area (Å²) in [5, 5.41) is 15.5. The third-order valence-electron chi connectivity index (χ3n) is 4.52.